The molecule has 0 saturated carbocycles. The molecule has 0 bridgehead atoms. The molecule has 1 amide bonds. The number of nitrogens with zero attached hydrogens (tertiary/aromatic N) is 2. The van der Waals surface area contributed by atoms with Gasteiger partial charge in [-0.05, 0) is 50.6 Å². The highest BCUT2D eigenvalue weighted by Crippen LogP contribution is 2.32. The quantitative estimate of drug-likeness (QED) is 0.472. The number of ether oxygens (including phenoxy) is 2. The van der Waals surface area contributed by atoms with Crippen molar-refractivity contribution in [1.29, 1.82) is 0 Å². The van der Waals surface area contributed by atoms with E-state index in [1.54, 1.807) is 20.8 Å². The van der Waals surface area contributed by atoms with Gasteiger partial charge in [0.1, 0.15) is 17.0 Å². The summed E-state index contributed by atoms with van der Waals surface area (Å²) in [6, 6.07) is 7.52. The Morgan fingerprint density at radius 2 is 1.69 bits per heavy atom. The van der Waals surface area contributed by atoms with Crippen LogP contribution >= 0.6 is 0 Å². The number of nitro benzene ring substituents is 1. The van der Waals surface area contributed by atoms with Crippen LogP contribution in [0.5, 0.6) is 5.75 Å². The Bertz CT molecular complexity index is 1020. The zero-order chi connectivity index (χ0) is 24.3. The molecule has 0 radical (unpaired) electrons. The Hall–Kier alpha value is -3.83. The predicted octanol–water partition coefficient (Wildman–Crippen LogP) is 5.13. The van der Waals surface area contributed by atoms with Gasteiger partial charge < -0.3 is 14.6 Å². The summed E-state index contributed by atoms with van der Waals surface area (Å²) in [5.41, 5.74) is -1.92. The highest BCUT2D eigenvalue weighted by atomic mass is 19.4. The summed E-state index contributed by atoms with van der Waals surface area (Å²) in [6.45, 7) is 4.42. The molecule has 0 saturated heterocycles. The van der Waals surface area contributed by atoms with Crippen LogP contribution in [-0.2, 0) is 11.3 Å². The van der Waals surface area contributed by atoms with E-state index in [2.05, 4.69) is 4.74 Å². The van der Waals surface area contributed by atoms with E-state index < -0.39 is 40.4 Å². The number of anilines is 1. The minimum atomic E-state index is -4.88. The smallest absolute Gasteiger partial charge is 0.478 e. The summed E-state index contributed by atoms with van der Waals surface area (Å²) in [6.07, 6.45) is -5.85. The molecule has 0 heterocycles. The fourth-order valence-corrected chi connectivity index (χ4v) is 2.58. The number of nitro groups is 1. The minimum Gasteiger partial charge on any atom is -0.478 e. The maximum absolute atomic E-state index is 12.8. The molecule has 0 unspecified atom stereocenters. The van der Waals surface area contributed by atoms with Gasteiger partial charge in [0.2, 0.25) is 0 Å². The zero-order valence-electron chi connectivity index (χ0n) is 17.2. The van der Waals surface area contributed by atoms with Gasteiger partial charge in [0.25, 0.3) is 5.69 Å². The van der Waals surface area contributed by atoms with E-state index in [-0.39, 0.29) is 17.8 Å². The number of carbonyl (C=O) groups excluding carboxylic acids is 1. The molecule has 0 atom stereocenters. The molecule has 1 N–H and O–H groups in total. The van der Waals surface area contributed by atoms with E-state index in [1.165, 1.54) is 12.1 Å². The summed E-state index contributed by atoms with van der Waals surface area (Å²) < 4.78 is 46.1. The van der Waals surface area contributed by atoms with Crippen molar-refractivity contribution in [2.45, 2.75) is 39.3 Å². The van der Waals surface area contributed by atoms with Crippen LogP contribution in [0.15, 0.2) is 42.5 Å². The van der Waals surface area contributed by atoms with E-state index in [4.69, 9.17) is 9.84 Å². The maximum atomic E-state index is 12.8. The molecule has 2 rings (SSSR count). The van der Waals surface area contributed by atoms with E-state index in [0.717, 1.165) is 35.2 Å². The van der Waals surface area contributed by atoms with Crippen LogP contribution in [0.25, 0.3) is 0 Å². The number of hydrogen-bond donors (Lipinski definition) is 1. The molecule has 9 nitrogen and oxygen atoms in total. The van der Waals surface area contributed by atoms with Crippen molar-refractivity contribution in [3.8, 4) is 5.75 Å². The van der Waals surface area contributed by atoms with Gasteiger partial charge >= 0.3 is 18.4 Å². The Morgan fingerprint density at radius 1 is 1.09 bits per heavy atom. The maximum Gasteiger partial charge on any atom is 0.573 e. The van der Waals surface area contributed by atoms with Gasteiger partial charge in [-0.2, -0.15) is 0 Å². The van der Waals surface area contributed by atoms with Crippen molar-refractivity contribution in [3.63, 3.8) is 0 Å². The van der Waals surface area contributed by atoms with Gasteiger partial charge in [-0.3, -0.25) is 15.0 Å². The third kappa shape index (κ3) is 6.86. The Balaban J connectivity index is 2.47. The monoisotopic (exact) mass is 456 g/mol. The molecular formula is C20H19F3N2O7. The average molecular weight is 456 g/mol. The van der Waals surface area contributed by atoms with Crippen LogP contribution in [0.1, 0.15) is 36.7 Å². The number of aromatic carboxylic acids is 1. The Kier molecular flexibility index (Phi) is 6.97. The molecular weight excluding hydrogens is 437 g/mol. The van der Waals surface area contributed by atoms with Crippen molar-refractivity contribution < 1.29 is 42.3 Å². The Morgan fingerprint density at radius 3 is 2.16 bits per heavy atom. The zero-order valence-corrected chi connectivity index (χ0v) is 17.2. The second-order valence-corrected chi connectivity index (χ2v) is 7.52. The molecule has 32 heavy (non-hydrogen) atoms. The fraction of sp³-hybridized carbons (Fsp3) is 0.300. The lowest BCUT2D eigenvalue weighted by Gasteiger charge is -2.27. The van der Waals surface area contributed by atoms with Crippen molar-refractivity contribution in [3.05, 3.63) is 63.7 Å². The number of benzene rings is 2. The first-order valence-electron chi connectivity index (χ1n) is 9.03. The molecule has 0 aliphatic heterocycles. The van der Waals surface area contributed by atoms with E-state index in [1.807, 2.05) is 0 Å². The van der Waals surface area contributed by atoms with Crippen LogP contribution in [0.3, 0.4) is 0 Å². The number of alkyl halides is 3. The fourth-order valence-electron chi connectivity index (χ4n) is 2.58. The van der Waals surface area contributed by atoms with Crippen LogP contribution in [-0.4, -0.2) is 34.1 Å². The molecule has 12 heteroatoms. The van der Waals surface area contributed by atoms with E-state index in [9.17, 15) is 32.9 Å². The number of amides is 1. The third-order valence-corrected chi connectivity index (χ3v) is 3.82. The van der Waals surface area contributed by atoms with Gasteiger partial charge in [0, 0.05) is 6.07 Å². The predicted molar refractivity (Wildman–Crippen MR) is 106 cm³/mol. The first-order valence-corrected chi connectivity index (χ1v) is 9.03. The largest absolute Gasteiger partial charge is 0.573 e. The third-order valence-electron chi connectivity index (χ3n) is 3.82. The number of carboxylic acids is 1. The minimum absolute atomic E-state index is 0.245. The highest BCUT2D eigenvalue weighted by molar-refractivity contribution is 5.94. The summed E-state index contributed by atoms with van der Waals surface area (Å²) >= 11 is 0. The van der Waals surface area contributed by atoms with Gasteiger partial charge in [-0.1, -0.05) is 12.1 Å². The molecule has 2 aromatic carbocycles. The summed E-state index contributed by atoms with van der Waals surface area (Å²) in [4.78, 5) is 35.6. The second kappa shape index (κ2) is 9.12. The number of carbonyl (C=O) groups is 2. The highest BCUT2D eigenvalue weighted by Gasteiger charge is 2.32. The number of rotatable bonds is 6. The number of halogens is 3. The molecule has 0 aliphatic carbocycles. The second-order valence-electron chi connectivity index (χ2n) is 7.52. The lowest BCUT2D eigenvalue weighted by Crippen LogP contribution is -2.37. The standard InChI is InChI=1S/C20H19F3N2O7/c1-19(2,3)32-18(28)24(11-12-4-7-14(8-5-12)31-20(21,22)23)15-9-6-13(17(26)27)10-16(15)25(29)30/h4-10H,11H2,1-3H3,(H,26,27). The van der Waals surface area contributed by atoms with Crippen LogP contribution in [0, 0.1) is 10.1 Å². The van der Waals surface area contributed by atoms with E-state index in [0.29, 0.717) is 5.56 Å². The van der Waals surface area contributed by atoms with Gasteiger partial charge in [0.15, 0.2) is 0 Å². The summed E-state index contributed by atoms with van der Waals surface area (Å²) in [7, 11) is 0. The molecule has 0 aliphatic rings. The van der Waals surface area contributed by atoms with Gasteiger partial charge in [-0.25, -0.2) is 9.59 Å². The normalized spacial score (nSPS) is 11.6. The number of carboxylic acid groups (broad SMARTS) is 1. The van der Waals surface area contributed by atoms with Gasteiger partial charge in [0.05, 0.1) is 17.0 Å². The van der Waals surface area contributed by atoms with Gasteiger partial charge in [-0.15, -0.1) is 13.2 Å². The molecule has 0 fully saturated rings. The lowest BCUT2D eigenvalue weighted by molar-refractivity contribution is -0.384. The topological polar surface area (TPSA) is 119 Å². The van der Waals surface area contributed by atoms with Crippen LogP contribution in [0.2, 0.25) is 0 Å². The molecule has 2 aromatic rings. The average Bonchev–Trinajstić information content (AvgIpc) is 2.64. The summed E-state index contributed by atoms with van der Waals surface area (Å²) in [5, 5.41) is 20.7. The number of hydrogen-bond acceptors (Lipinski definition) is 6. The Labute approximate surface area is 180 Å². The van der Waals surface area contributed by atoms with Crippen molar-refractivity contribution in [2.24, 2.45) is 0 Å². The van der Waals surface area contributed by atoms with Crippen LogP contribution < -0.4 is 9.64 Å². The summed E-state index contributed by atoms with van der Waals surface area (Å²) in [5.74, 6) is -1.88. The molecule has 0 aromatic heterocycles. The first kappa shape index (κ1) is 24.4. The van der Waals surface area contributed by atoms with Crippen molar-refractivity contribution in [2.75, 3.05) is 4.90 Å². The molecule has 0 spiro atoms. The SMILES string of the molecule is CC(C)(C)OC(=O)N(Cc1ccc(OC(F)(F)F)cc1)c1ccc(C(=O)O)cc1[N+](=O)[O-]. The lowest BCUT2D eigenvalue weighted by atomic mass is 10.1. The van der Waals surface area contributed by atoms with Crippen molar-refractivity contribution >= 4 is 23.4 Å². The van der Waals surface area contributed by atoms with Crippen LogP contribution in [0.4, 0.5) is 29.3 Å². The van der Waals surface area contributed by atoms with E-state index >= 15 is 0 Å². The first-order chi connectivity index (χ1) is 14.7. The van der Waals surface area contributed by atoms with Crippen molar-refractivity contribution in [1.82, 2.24) is 0 Å². The molecule has 172 valence electrons.